The van der Waals surface area contributed by atoms with Gasteiger partial charge in [-0.25, -0.2) is 0 Å². The quantitative estimate of drug-likeness (QED) is 0.879. The Morgan fingerprint density at radius 1 is 1.21 bits per heavy atom. The molecule has 1 aromatic carbocycles. The van der Waals surface area contributed by atoms with Crippen molar-refractivity contribution < 1.29 is 13.0 Å². The molecule has 1 fully saturated rings. The highest BCUT2D eigenvalue weighted by Crippen LogP contribution is 2.40. The van der Waals surface area contributed by atoms with Crippen LogP contribution in [0, 0.1) is 0 Å². The summed E-state index contributed by atoms with van der Waals surface area (Å²) in [6.45, 7) is -1.66. The summed E-state index contributed by atoms with van der Waals surface area (Å²) in [6.07, 6.45) is 4.18. The lowest BCUT2D eigenvalue weighted by Crippen LogP contribution is -2.42. The standard InChI is InChI=1S/C16H25NO2/c1-17(2)12-15(13-6-8-14(18)9-7-13)16(19)10-4-3-5-11-16/h6-9,15,18-19H,3-5,10-12H2,1-2H3/i12D2. The molecule has 1 aliphatic carbocycles. The summed E-state index contributed by atoms with van der Waals surface area (Å²) in [5, 5.41) is 20.6. The average Bonchev–Trinajstić information content (AvgIpc) is 2.41. The van der Waals surface area contributed by atoms with E-state index in [0.29, 0.717) is 12.8 Å². The Kier molecular flexibility index (Phi) is 3.66. The topological polar surface area (TPSA) is 43.7 Å². The van der Waals surface area contributed by atoms with Crippen molar-refractivity contribution in [3.8, 4) is 5.75 Å². The van der Waals surface area contributed by atoms with Gasteiger partial charge < -0.3 is 15.1 Å². The summed E-state index contributed by atoms with van der Waals surface area (Å²) >= 11 is 0. The third kappa shape index (κ3) is 3.48. The number of likely N-dealkylation sites (N-methyl/N-ethyl adjacent to an activating group) is 1. The largest absolute Gasteiger partial charge is 0.508 e. The SMILES string of the molecule is [2H]C([2H])(C(c1ccc(O)cc1)C1(O)CCCCC1)N(C)C. The van der Waals surface area contributed by atoms with E-state index >= 15 is 0 Å². The maximum Gasteiger partial charge on any atom is 0.115 e. The second-order valence-electron chi connectivity index (χ2n) is 5.71. The highest BCUT2D eigenvalue weighted by atomic mass is 16.3. The molecule has 19 heavy (non-hydrogen) atoms. The van der Waals surface area contributed by atoms with Crippen molar-refractivity contribution in [1.82, 2.24) is 4.90 Å². The summed E-state index contributed by atoms with van der Waals surface area (Å²) in [7, 11) is 3.39. The molecule has 3 nitrogen and oxygen atoms in total. The molecule has 0 saturated heterocycles. The molecular formula is C16H25NO2. The molecule has 106 valence electrons. The van der Waals surface area contributed by atoms with Crippen LogP contribution in [0.25, 0.3) is 0 Å². The van der Waals surface area contributed by atoms with Gasteiger partial charge in [-0.1, -0.05) is 31.4 Å². The fourth-order valence-corrected chi connectivity index (χ4v) is 2.88. The van der Waals surface area contributed by atoms with Crippen molar-refractivity contribution >= 4 is 0 Å². The highest BCUT2D eigenvalue weighted by Gasteiger charge is 2.38. The number of aliphatic hydroxyl groups is 1. The molecule has 2 N–H and O–H groups in total. The normalized spacial score (nSPS) is 22.7. The van der Waals surface area contributed by atoms with E-state index in [9.17, 15) is 10.2 Å². The van der Waals surface area contributed by atoms with Crippen LogP contribution >= 0.6 is 0 Å². The van der Waals surface area contributed by atoms with Crippen LogP contribution in [-0.2, 0) is 0 Å². The van der Waals surface area contributed by atoms with Crippen LogP contribution < -0.4 is 0 Å². The minimum absolute atomic E-state index is 0.151. The van der Waals surface area contributed by atoms with Crippen LogP contribution in [0.5, 0.6) is 5.75 Å². The molecule has 1 saturated carbocycles. The van der Waals surface area contributed by atoms with E-state index in [1.807, 2.05) is 0 Å². The smallest absolute Gasteiger partial charge is 0.115 e. The minimum atomic E-state index is -1.66. The number of rotatable bonds is 4. The van der Waals surface area contributed by atoms with Crippen LogP contribution in [0.2, 0.25) is 0 Å². The first-order valence-electron chi connectivity index (χ1n) is 7.96. The number of phenolic OH excluding ortho intramolecular Hbond substituents is 1. The third-order valence-corrected chi connectivity index (χ3v) is 3.87. The highest BCUT2D eigenvalue weighted by molar-refractivity contribution is 5.30. The number of hydrogen-bond donors (Lipinski definition) is 2. The van der Waals surface area contributed by atoms with Crippen LogP contribution in [0.1, 0.15) is 46.3 Å². The van der Waals surface area contributed by atoms with Crippen LogP contribution in [0.3, 0.4) is 0 Å². The van der Waals surface area contributed by atoms with Crippen molar-refractivity contribution in [2.45, 2.75) is 43.6 Å². The van der Waals surface area contributed by atoms with Gasteiger partial charge in [0.2, 0.25) is 0 Å². The van der Waals surface area contributed by atoms with Gasteiger partial charge in [-0.05, 0) is 44.6 Å². The summed E-state index contributed by atoms with van der Waals surface area (Å²) in [4.78, 5) is 1.52. The first-order valence-corrected chi connectivity index (χ1v) is 6.96. The molecule has 1 aromatic rings. The van der Waals surface area contributed by atoms with Crippen molar-refractivity contribution in [1.29, 1.82) is 0 Å². The van der Waals surface area contributed by atoms with Gasteiger partial charge in [0.15, 0.2) is 0 Å². The molecule has 0 bridgehead atoms. The van der Waals surface area contributed by atoms with Gasteiger partial charge in [0, 0.05) is 15.2 Å². The Morgan fingerprint density at radius 2 is 1.79 bits per heavy atom. The van der Waals surface area contributed by atoms with E-state index in [4.69, 9.17) is 2.74 Å². The predicted molar refractivity (Wildman–Crippen MR) is 77.4 cm³/mol. The summed E-state index contributed by atoms with van der Waals surface area (Å²) < 4.78 is 16.9. The van der Waals surface area contributed by atoms with Crippen molar-refractivity contribution in [3.63, 3.8) is 0 Å². The molecule has 0 amide bonds. The molecule has 3 heteroatoms. The summed E-state index contributed by atoms with van der Waals surface area (Å²) in [5.41, 5.74) is -0.306. The lowest BCUT2D eigenvalue weighted by molar-refractivity contribution is -0.0277. The fraction of sp³-hybridized carbons (Fsp3) is 0.625. The maximum atomic E-state index is 11.1. The number of phenols is 1. The maximum absolute atomic E-state index is 11.1. The van der Waals surface area contributed by atoms with Gasteiger partial charge in [-0.3, -0.25) is 0 Å². The monoisotopic (exact) mass is 265 g/mol. The summed E-state index contributed by atoms with van der Waals surface area (Å²) in [5.74, 6) is -0.487. The molecule has 0 radical (unpaired) electrons. The minimum Gasteiger partial charge on any atom is -0.508 e. The zero-order chi connectivity index (χ0) is 15.7. The van der Waals surface area contributed by atoms with Gasteiger partial charge in [-0.2, -0.15) is 0 Å². The molecule has 1 atom stereocenters. The van der Waals surface area contributed by atoms with Crippen LogP contribution in [0.4, 0.5) is 0 Å². The number of aromatic hydroxyl groups is 1. The number of hydrogen-bond acceptors (Lipinski definition) is 3. The number of nitrogens with zero attached hydrogens (tertiary/aromatic N) is 1. The van der Waals surface area contributed by atoms with E-state index in [-0.39, 0.29) is 5.75 Å². The van der Waals surface area contributed by atoms with Gasteiger partial charge in [0.1, 0.15) is 5.75 Å². The predicted octanol–water partition coefficient (Wildman–Crippen LogP) is 2.73. The molecule has 0 heterocycles. The van der Waals surface area contributed by atoms with E-state index in [0.717, 1.165) is 24.8 Å². The Labute approximate surface area is 118 Å². The van der Waals surface area contributed by atoms with E-state index < -0.39 is 18.0 Å². The lowest BCUT2D eigenvalue weighted by Gasteiger charge is -2.40. The Balaban J connectivity index is 2.46. The lowest BCUT2D eigenvalue weighted by atomic mass is 9.72. The molecule has 0 aromatic heterocycles. The molecule has 0 aliphatic heterocycles. The second-order valence-corrected chi connectivity index (χ2v) is 5.71. The van der Waals surface area contributed by atoms with Crippen LogP contribution in [-0.4, -0.2) is 41.3 Å². The van der Waals surface area contributed by atoms with Gasteiger partial charge in [-0.15, -0.1) is 0 Å². The molecule has 1 unspecified atom stereocenters. The molecular weight excluding hydrogens is 238 g/mol. The van der Waals surface area contributed by atoms with E-state index in [1.165, 1.54) is 4.90 Å². The van der Waals surface area contributed by atoms with Crippen LogP contribution in [0.15, 0.2) is 24.3 Å². The van der Waals surface area contributed by atoms with Gasteiger partial charge >= 0.3 is 0 Å². The average molecular weight is 265 g/mol. The molecule has 0 spiro atoms. The number of benzene rings is 1. The van der Waals surface area contributed by atoms with Gasteiger partial charge in [0.25, 0.3) is 0 Å². The van der Waals surface area contributed by atoms with E-state index in [1.54, 1.807) is 38.4 Å². The van der Waals surface area contributed by atoms with Crippen molar-refractivity contribution in [3.05, 3.63) is 29.8 Å². The van der Waals surface area contributed by atoms with Gasteiger partial charge in [0.05, 0.1) is 5.60 Å². The Bertz CT molecular complexity index is 468. The Morgan fingerprint density at radius 3 is 2.32 bits per heavy atom. The molecule has 2 rings (SSSR count). The fourth-order valence-electron chi connectivity index (χ4n) is 2.88. The molecule has 1 aliphatic rings. The zero-order valence-corrected chi connectivity index (χ0v) is 11.8. The Hall–Kier alpha value is -1.06. The van der Waals surface area contributed by atoms with Crippen molar-refractivity contribution in [2.24, 2.45) is 0 Å². The summed E-state index contributed by atoms with van der Waals surface area (Å²) in [6, 6.07) is 6.54. The van der Waals surface area contributed by atoms with E-state index in [2.05, 4.69) is 0 Å². The second kappa shape index (κ2) is 5.93. The first kappa shape index (κ1) is 11.7. The first-order chi connectivity index (χ1) is 9.77. The third-order valence-electron chi connectivity index (χ3n) is 3.87. The van der Waals surface area contributed by atoms with Crippen molar-refractivity contribution in [2.75, 3.05) is 20.6 Å². The zero-order valence-electron chi connectivity index (χ0n) is 13.8.